The predicted molar refractivity (Wildman–Crippen MR) is 61.9 cm³/mol. The van der Waals surface area contributed by atoms with Crippen LogP contribution in [0.25, 0.3) is 0 Å². The zero-order valence-electron chi connectivity index (χ0n) is 8.36. The van der Waals surface area contributed by atoms with Crippen LogP contribution in [0.4, 0.5) is 0 Å². The first kappa shape index (κ1) is 12.4. The summed E-state index contributed by atoms with van der Waals surface area (Å²) in [4.78, 5) is 11.6. The smallest absolute Gasteiger partial charge is 0.336 e. The van der Waals surface area contributed by atoms with Gasteiger partial charge in [-0.05, 0) is 6.07 Å². The zero-order chi connectivity index (χ0) is 11.3. The summed E-state index contributed by atoms with van der Waals surface area (Å²) in [6, 6.07) is 1.66. The van der Waals surface area contributed by atoms with Gasteiger partial charge >= 0.3 is 5.97 Å². The molecule has 1 heterocycles. The van der Waals surface area contributed by atoms with Gasteiger partial charge in [0.25, 0.3) is 0 Å². The molecule has 0 spiro atoms. The molecule has 6 heteroatoms. The highest BCUT2D eigenvalue weighted by molar-refractivity contribution is 7.84. The van der Waals surface area contributed by atoms with E-state index >= 15 is 0 Å². The lowest BCUT2D eigenvalue weighted by molar-refractivity contribution is 0.0697. The molecule has 2 N–H and O–H groups in total. The Balaban J connectivity index is 2.31. The van der Waals surface area contributed by atoms with Crippen LogP contribution in [0.1, 0.15) is 15.2 Å². The van der Waals surface area contributed by atoms with Crippen LogP contribution in [-0.4, -0.2) is 33.8 Å². The van der Waals surface area contributed by atoms with E-state index in [2.05, 4.69) is 5.32 Å². The largest absolute Gasteiger partial charge is 0.478 e. The molecule has 0 aliphatic rings. The van der Waals surface area contributed by atoms with Crippen molar-refractivity contribution in [2.24, 2.45) is 0 Å². The Morgan fingerprint density at radius 2 is 2.40 bits per heavy atom. The van der Waals surface area contributed by atoms with E-state index in [1.165, 1.54) is 11.3 Å². The normalized spacial score (nSPS) is 12.6. The molecule has 0 saturated heterocycles. The van der Waals surface area contributed by atoms with Gasteiger partial charge < -0.3 is 10.4 Å². The fourth-order valence-electron chi connectivity index (χ4n) is 1.01. The standard InChI is InChI=1S/C9H13NO3S2/c1-15(13)3-2-10-5-8-4-7(6-14-8)9(11)12/h4,6,10H,2-3,5H2,1H3,(H,11,12). The van der Waals surface area contributed by atoms with Crippen molar-refractivity contribution in [2.75, 3.05) is 18.6 Å². The van der Waals surface area contributed by atoms with Gasteiger partial charge in [-0.3, -0.25) is 4.21 Å². The topological polar surface area (TPSA) is 66.4 Å². The van der Waals surface area contributed by atoms with Crippen LogP contribution in [-0.2, 0) is 17.3 Å². The predicted octanol–water partition coefficient (Wildman–Crippen LogP) is 0.914. The van der Waals surface area contributed by atoms with E-state index in [0.29, 0.717) is 24.4 Å². The first-order chi connectivity index (χ1) is 7.09. The average Bonchev–Trinajstić information content (AvgIpc) is 2.60. The SMILES string of the molecule is CS(=O)CCNCc1cc(C(=O)O)cs1. The van der Waals surface area contributed by atoms with Crippen molar-refractivity contribution >= 4 is 28.1 Å². The molecule has 0 aliphatic carbocycles. The van der Waals surface area contributed by atoms with Gasteiger partial charge in [-0.1, -0.05) is 0 Å². The molecule has 0 fully saturated rings. The molecule has 0 aromatic carbocycles. The van der Waals surface area contributed by atoms with E-state index in [4.69, 9.17) is 5.11 Å². The van der Waals surface area contributed by atoms with Crippen LogP contribution in [0, 0.1) is 0 Å². The van der Waals surface area contributed by atoms with E-state index in [0.717, 1.165) is 4.88 Å². The third kappa shape index (κ3) is 4.55. The Morgan fingerprint density at radius 1 is 1.67 bits per heavy atom. The lowest BCUT2D eigenvalue weighted by Crippen LogP contribution is -2.19. The van der Waals surface area contributed by atoms with Crippen molar-refractivity contribution in [1.29, 1.82) is 0 Å². The van der Waals surface area contributed by atoms with Crippen molar-refractivity contribution < 1.29 is 14.1 Å². The monoisotopic (exact) mass is 247 g/mol. The van der Waals surface area contributed by atoms with Crippen LogP contribution in [0.3, 0.4) is 0 Å². The second kappa shape index (κ2) is 5.99. The molecular weight excluding hydrogens is 234 g/mol. The summed E-state index contributed by atoms with van der Waals surface area (Å²) in [5.41, 5.74) is 0.330. The average molecular weight is 247 g/mol. The number of aromatic carboxylic acids is 1. The molecule has 1 aromatic rings. The highest BCUT2D eigenvalue weighted by Crippen LogP contribution is 2.14. The minimum atomic E-state index is -0.896. The Kier molecular flexibility index (Phi) is 4.93. The molecule has 0 saturated carbocycles. The van der Waals surface area contributed by atoms with Crippen LogP contribution in [0.15, 0.2) is 11.4 Å². The quantitative estimate of drug-likeness (QED) is 0.733. The Bertz CT molecular complexity index is 362. The zero-order valence-corrected chi connectivity index (χ0v) is 9.99. The molecule has 1 unspecified atom stereocenters. The van der Waals surface area contributed by atoms with Gasteiger partial charge in [0.2, 0.25) is 0 Å². The van der Waals surface area contributed by atoms with Crippen LogP contribution >= 0.6 is 11.3 Å². The number of hydrogen-bond acceptors (Lipinski definition) is 4. The van der Waals surface area contributed by atoms with E-state index in [9.17, 15) is 9.00 Å². The van der Waals surface area contributed by atoms with E-state index in [-0.39, 0.29) is 0 Å². The third-order valence-electron chi connectivity index (χ3n) is 1.77. The number of carboxylic acid groups (broad SMARTS) is 1. The van der Waals surface area contributed by atoms with Gasteiger partial charge in [-0.15, -0.1) is 11.3 Å². The maximum absolute atomic E-state index is 10.7. The fraction of sp³-hybridized carbons (Fsp3) is 0.444. The van der Waals surface area contributed by atoms with Gasteiger partial charge in [-0.2, -0.15) is 0 Å². The molecule has 0 aliphatic heterocycles. The van der Waals surface area contributed by atoms with Crippen molar-refractivity contribution in [2.45, 2.75) is 6.54 Å². The van der Waals surface area contributed by atoms with E-state index < -0.39 is 16.8 Å². The summed E-state index contributed by atoms with van der Waals surface area (Å²) in [5.74, 6) is -0.274. The van der Waals surface area contributed by atoms with Gasteiger partial charge in [0.15, 0.2) is 0 Å². The number of carboxylic acids is 1. The van der Waals surface area contributed by atoms with Gasteiger partial charge in [0.05, 0.1) is 5.56 Å². The van der Waals surface area contributed by atoms with Crippen LogP contribution in [0.2, 0.25) is 0 Å². The number of thiophene rings is 1. The summed E-state index contributed by atoms with van der Waals surface area (Å²) < 4.78 is 10.7. The fourth-order valence-corrected chi connectivity index (χ4v) is 2.27. The highest BCUT2D eigenvalue weighted by atomic mass is 32.2. The first-order valence-electron chi connectivity index (χ1n) is 4.41. The van der Waals surface area contributed by atoms with Crippen molar-refractivity contribution in [3.8, 4) is 0 Å². The molecule has 0 amide bonds. The number of carbonyl (C=O) groups is 1. The minimum Gasteiger partial charge on any atom is -0.478 e. The maximum atomic E-state index is 10.7. The second-order valence-electron chi connectivity index (χ2n) is 3.06. The molecule has 84 valence electrons. The second-order valence-corrected chi connectivity index (χ2v) is 5.61. The molecular formula is C9H13NO3S2. The summed E-state index contributed by atoms with van der Waals surface area (Å²) in [6.45, 7) is 1.32. The van der Waals surface area contributed by atoms with Gasteiger partial charge in [-0.25, -0.2) is 4.79 Å². The molecule has 1 atom stereocenters. The third-order valence-corrected chi connectivity index (χ3v) is 3.48. The first-order valence-corrected chi connectivity index (χ1v) is 7.01. The minimum absolute atomic E-state index is 0.330. The molecule has 1 aromatic heterocycles. The maximum Gasteiger partial charge on any atom is 0.336 e. The molecule has 0 bridgehead atoms. The number of nitrogens with one attached hydrogen (secondary N) is 1. The Labute approximate surface area is 94.8 Å². The van der Waals surface area contributed by atoms with Gasteiger partial charge in [0, 0.05) is 46.2 Å². The van der Waals surface area contributed by atoms with E-state index in [1.807, 2.05) is 0 Å². The number of hydrogen-bond donors (Lipinski definition) is 2. The number of rotatable bonds is 6. The van der Waals surface area contributed by atoms with E-state index in [1.54, 1.807) is 17.7 Å². The van der Waals surface area contributed by atoms with Crippen molar-refractivity contribution in [1.82, 2.24) is 5.32 Å². The molecule has 4 nitrogen and oxygen atoms in total. The molecule has 1 rings (SSSR count). The van der Waals surface area contributed by atoms with Gasteiger partial charge in [0.1, 0.15) is 0 Å². The van der Waals surface area contributed by atoms with Crippen LogP contribution < -0.4 is 5.32 Å². The van der Waals surface area contributed by atoms with Crippen LogP contribution in [0.5, 0.6) is 0 Å². The summed E-state index contributed by atoms with van der Waals surface area (Å²) in [7, 11) is -0.779. The summed E-state index contributed by atoms with van der Waals surface area (Å²) in [5, 5.41) is 13.4. The summed E-state index contributed by atoms with van der Waals surface area (Å²) >= 11 is 1.42. The lowest BCUT2D eigenvalue weighted by Gasteiger charge is -2.00. The van der Waals surface area contributed by atoms with Crippen molar-refractivity contribution in [3.63, 3.8) is 0 Å². The van der Waals surface area contributed by atoms with Crippen molar-refractivity contribution in [3.05, 3.63) is 21.9 Å². The Hall–Kier alpha value is -0.720. The summed E-state index contributed by atoms with van der Waals surface area (Å²) in [6.07, 6.45) is 1.66. The highest BCUT2D eigenvalue weighted by Gasteiger charge is 2.05. The Morgan fingerprint density at radius 3 is 2.93 bits per heavy atom. The molecule has 15 heavy (non-hydrogen) atoms. The molecule has 0 radical (unpaired) electrons. The lowest BCUT2D eigenvalue weighted by atomic mass is 10.3.